The number of allylic oxidation sites excluding steroid dienone is 1. The van der Waals surface area contributed by atoms with Crippen LogP contribution in [-0.4, -0.2) is 140 Å². The second-order valence-corrected chi connectivity index (χ2v) is 26.6. The van der Waals surface area contributed by atoms with Gasteiger partial charge in [0.25, 0.3) is 0 Å². The molecule has 6 amide bonds. The van der Waals surface area contributed by atoms with Crippen LogP contribution in [0.1, 0.15) is 128 Å². The van der Waals surface area contributed by atoms with Crippen LogP contribution in [0.15, 0.2) is 90.2 Å². The lowest BCUT2D eigenvalue weighted by Crippen LogP contribution is -2.54. The van der Waals surface area contributed by atoms with Crippen molar-refractivity contribution in [1.29, 1.82) is 0 Å². The van der Waals surface area contributed by atoms with Gasteiger partial charge in [-0.25, -0.2) is 24.2 Å². The van der Waals surface area contributed by atoms with E-state index in [0.29, 0.717) is 67.0 Å². The van der Waals surface area contributed by atoms with E-state index in [-0.39, 0.29) is 63.3 Å². The number of alkyl carbamates (subject to hydrolysis) is 2. The fraction of sp³-hybridized carbons (Fsp3) is 0.463. The molecule has 2 fully saturated rings. The molecule has 90 heavy (non-hydrogen) atoms. The average molecular weight is 1230 g/mol. The molecule has 0 aliphatic carbocycles. The number of nitrogens with zero attached hydrogens (tertiary/aromatic N) is 6. The first-order valence-electron chi connectivity index (χ1n) is 30.7. The summed E-state index contributed by atoms with van der Waals surface area (Å²) in [5, 5.41) is 5.61. The van der Waals surface area contributed by atoms with E-state index in [0.717, 1.165) is 55.8 Å². The van der Waals surface area contributed by atoms with E-state index in [1.54, 1.807) is 67.3 Å². The molecule has 1 aromatic heterocycles. The van der Waals surface area contributed by atoms with Crippen molar-refractivity contribution >= 4 is 47.5 Å². The molecule has 12 rings (SSSR count). The van der Waals surface area contributed by atoms with Crippen molar-refractivity contribution in [1.82, 2.24) is 40.2 Å². The zero-order valence-electron chi connectivity index (χ0n) is 52.4. The first-order chi connectivity index (χ1) is 42.9. The van der Waals surface area contributed by atoms with Gasteiger partial charge in [-0.3, -0.25) is 24.4 Å². The van der Waals surface area contributed by atoms with E-state index in [4.69, 9.17) is 47.9 Å². The average Bonchev–Trinajstić information content (AvgIpc) is 1.78. The third-order valence-electron chi connectivity index (χ3n) is 17.1. The van der Waals surface area contributed by atoms with E-state index in [1.807, 2.05) is 107 Å². The van der Waals surface area contributed by atoms with Crippen LogP contribution in [0.4, 0.5) is 19.2 Å². The maximum Gasteiger partial charge on any atom is 0.410 e. The molecule has 0 saturated carbocycles. The number of benzene rings is 4. The highest BCUT2D eigenvalue weighted by atomic mass is 16.7. The fourth-order valence-corrected chi connectivity index (χ4v) is 12.7. The Bertz CT molecular complexity index is 3700. The Hall–Kier alpha value is -9.28. The van der Waals surface area contributed by atoms with Crippen molar-refractivity contribution in [2.24, 2.45) is 16.8 Å². The van der Waals surface area contributed by atoms with Gasteiger partial charge in [0.15, 0.2) is 23.0 Å². The zero-order chi connectivity index (χ0) is 63.5. The predicted octanol–water partition coefficient (Wildman–Crippen LogP) is 10.4. The molecule has 23 heteroatoms. The summed E-state index contributed by atoms with van der Waals surface area (Å²) in [6, 6.07) is 20.7. The van der Waals surface area contributed by atoms with Gasteiger partial charge in [-0.05, 0) is 104 Å². The van der Waals surface area contributed by atoms with Crippen LogP contribution in [0.5, 0.6) is 23.0 Å². The van der Waals surface area contributed by atoms with Crippen molar-refractivity contribution in [3.8, 4) is 45.4 Å². The Labute approximate surface area is 522 Å². The van der Waals surface area contributed by atoms with Crippen LogP contribution < -0.4 is 29.6 Å². The number of likely N-dealkylation sites (tertiary alicyclic amines) is 2. The number of hydrogen-bond acceptors (Lipinski definition) is 16. The monoisotopic (exact) mass is 1230 g/mol. The molecule has 0 spiro atoms. The summed E-state index contributed by atoms with van der Waals surface area (Å²) >= 11 is 0. The zero-order valence-corrected chi connectivity index (χ0v) is 52.4. The van der Waals surface area contributed by atoms with Gasteiger partial charge in [-0.1, -0.05) is 88.4 Å². The van der Waals surface area contributed by atoms with Crippen molar-refractivity contribution in [3.63, 3.8) is 0 Å². The molecular formula is C67H77N9O14. The standard InChI is InChI=1S/C67H77N9O14/c1-36(2)55(71-62(79)89-66(5,6)7)60(77)75-30-45(87-64(81)73-28-42-19-21-53-57(47(42)32-73)85-34-83-53)24-51(75)49-23-44(26-68-49)40-13-11-38(12-14-40)39-15-17-41(18-16-39)50-27-69-59(70-50)52-25-46(31-76(52)61(78)56(37(3)4)72-63(80)90-67(8,9)10)88-65(82)74-29-43-20-22-54-58(48(43)33-74)86-35-84-54/h11-22,26-27,36-37,45-46,51-52,55-56H,23-25,28-35H2,1-10H3,(H,69,70)(H,71,79)(H,72,80)/t45-,46-,51+,52+,55+,56+/m1/s1. The van der Waals surface area contributed by atoms with Crippen LogP contribution in [-0.2, 0) is 54.7 Å². The maximum absolute atomic E-state index is 14.7. The molecule has 7 aliphatic rings. The number of fused-ring (bicyclic) bond motifs is 6. The highest BCUT2D eigenvalue weighted by molar-refractivity contribution is 6.04. The molecule has 0 unspecified atom stereocenters. The van der Waals surface area contributed by atoms with Crippen LogP contribution in [0.2, 0.25) is 0 Å². The van der Waals surface area contributed by atoms with Crippen LogP contribution in [0.25, 0.3) is 28.0 Å². The van der Waals surface area contributed by atoms with Gasteiger partial charge in [0, 0.05) is 55.4 Å². The van der Waals surface area contributed by atoms with E-state index in [2.05, 4.69) is 15.6 Å². The summed E-state index contributed by atoms with van der Waals surface area (Å²) in [5.74, 6) is 1.76. The van der Waals surface area contributed by atoms with Gasteiger partial charge < -0.3 is 63.3 Å². The third kappa shape index (κ3) is 12.8. The Morgan fingerprint density at radius 1 is 0.578 bits per heavy atom. The lowest BCUT2D eigenvalue weighted by molar-refractivity contribution is -0.136. The normalized spacial score (nSPS) is 20.4. The number of nitrogens with one attached hydrogen (secondary N) is 3. The second kappa shape index (κ2) is 24.3. The van der Waals surface area contributed by atoms with Crippen LogP contribution >= 0.6 is 0 Å². The molecule has 8 heterocycles. The molecule has 3 N–H and O–H groups in total. The number of aromatic nitrogens is 2. The molecule has 6 atom stereocenters. The van der Waals surface area contributed by atoms with E-state index in [9.17, 15) is 28.8 Å². The number of imidazole rings is 1. The van der Waals surface area contributed by atoms with Gasteiger partial charge in [0.05, 0.1) is 50.2 Å². The van der Waals surface area contributed by atoms with Crippen molar-refractivity contribution in [2.45, 2.75) is 162 Å². The summed E-state index contributed by atoms with van der Waals surface area (Å²) in [6.45, 7) is 19.6. The molecule has 0 radical (unpaired) electrons. The van der Waals surface area contributed by atoms with Crippen molar-refractivity contribution in [2.75, 3.05) is 26.7 Å². The molecule has 5 aromatic rings. The topological polar surface area (TPSA) is 254 Å². The fourth-order valence-electron chi connectivity index (χ4n) is 12.7. The number of carbonyl (C=O) groups is 6. The molecule has 474 valence electrons. The van der Waals surface area contributed by atoms with Gasteiger partial charge >= 0.3 is 24.4 Å². The number of carbonyl (C=O) groups excluding carboxylic acids is 6. The number of amides is 6. The Morgan fingerprint density at radius 2 is 1.03 bits per heavy atom. The minimum Gasteiger partial charge on any atom is -0.454 e. The Kier molecular flexibility index (Phi) is 16.4. The Balaban J connectivity index is 0.714. The summed E-state index contributed by atoms with van der Waals surface area (Å²) in [6.07, 6.45) is 0.749. The first kappa shape index (κ1) is 61.0. The smallest absolute Gasteiger partial charge is 0.410 e. The van der Waals surface area contributed by atoms with Gasteiger partial charge in [-0.15, -0.1) is 0 Å². The van der Waals surface area contributed by atoms with Gasteiger partial charge in [0.2, 0.25) is 25.4 Å². The molecule has 4 aromatic carbocycles. The second-order valence-electron chi connectivity index (χ2n) is 26.6. The molecular weight excluding hydrogens is 1150 g/mol. The van der Waals surface area contributed by atoms with Crippen LogP contribution in [0, 0.1) is 11.8 Å². The highest BCUT2D eigenvalue weighted by Crippen LogP contribution is 2.44. The van der Waals surface area contributed by atoms with E-state index in [1.165, 1.54) is 0 Å². The Morgan fingerprint density at radius 3 is 1.51 bits per heavy atom. The van der Waals surface area contributed by atoms with Gasteiger partial charge in [-0.2, -0.15) is 0 Å². The number of aromatic amines is 1. The quantitative estimate of drug-likeness (QED) is 0.0927. The predicted molar refractivity (Wildman–Crippen MR) is 329 cm³/mol. The molecule has 2 saturated heterocycles. The van der Waals surface area contributed by atoms with Gasteiger partial charge in [0.1, 0.15) is 41.3 Å². The molecule has 23 nitrogen and oxygen atoms in total. The summed E-state index contributed by atoms with van der Waals surface area (Å²) in [5.41, 5.74) is 8.23. The molecule has 0 bridgehead atoms. The van der Waals surface area contributed by atoms with Crippen molar-refractivity contribution < 1.29 is 66.7 Å². The number of aliphatic imine (C=N–C) groups is 1. The van der Waals surface area contributed by atoms with E-state index < -0.39 is 72.0 Å². The lowest BCUT2D eigenvalue weighted by Gasteiger charge is -2.31. The lowest BCUT2D eigenvalue weighted by atomic mass is 9.95. The maximum atomic E-state index is 14.7. The number of rotatable bonds is 13. The van der Waals surface area contributed by atoms with Crippen molar-refractivity contribution in [3.05, 3.63) is 119 Å². The largest absolute Gasteiger partial charge is 0.454 e. The first-order valence-corrected chi connectivity index (χ1v) is 30.7. The number of hydrogen-bond donors (Lipinski definition) is 3. The molecule has 7 aliphatic heterocycles. The number of H-pyrrole nitrogens is 1. The third-order valence-corrected chi connectivity index (χ3v) is 17.1. The summed E-state index contributed by atoms with van der Waals surface area (Å²) < 4.78 is 46.1. The van der Waals surface area contributed by atoms with Crippen LogP contribution in [0.3, 0.4) is 0 Å². The highest BCUT2D eigenvalue weighted by Gasteiger charge is 2.47. The summed E-state index contributed by atoms with van der Waals surface area (Å²) in [4.78, 5) is 103. The van der Waals surface area contributed by atoms with E-state index >= 15 is 0 Å². The summed E-state index contributed by atoms with van der Waals surface area (Å²) in [7, 11) is 0. The number of ether oxygens (including phenoxy) is 8. The minimum atomic E-state index is -0.950. The SMILES string of the molecule is CC(C)[C@H](NC(=O)OC(C)(C)C)C(=O)N1C[C@H](OC(=O)N2Cc3ccc4c(c3C2)OCO4)C[C@H]1C1=NC=C(c2ccc(-c3ccc(-c4cnc([C@@H]5C[C@@H](OC(=O)N6Cc7ccc8c(c7C6)OCO8)CN5C(=O)[C@@H](NC(=O)OC(C)(C)C)C(C)C)[nH]4)cc3)cc2)C1. The minimum absolute atomic E-state index is 0.0659.